The summed E-state index contributed by atoms with van der Waals surface area (Å²) in [5.74, 6) is 1.02. The average molecular weight is 471 g/mol. The van der Waals surface area contributed by atoms with Gasteiger partial charge in [-0.15, -0.1) is 0 Å². The number of anilines is 1. The topological polar surface area (TPSA) is 80.5 Å². The first-order chi connectivity index (χ1) is 16.9. The van der Waals surface area contributed by atoms with Gasteiger partial charge in [-0.2, -0.15) is 4.98 Å². The Bertz CT molecular complexity index is 1390. The Hall–Kier alpha value is -4.46. The summed E-state index contributed by atoms with van der Waals surface area (Å²) in [6.45, 7) is 3.82. The van der Waals surface area contributed by atoms with Crippen molar-refractivity contribution in [1.29, 1.82) is 0 Å². The van der Waals surface area contributed by atoms with Crippen LogP contribution in [0.2, 0.25) is 0 Å². The molecule has 1 atom stereocenters. The maximum Gasteiger partial charge on any atom is 0.326 e. The van der Waals surface area contributed by atoms with Crippen LogP contribution in [0.1, 0.15) is 30.0 Å². The summed E-state index contributed by atoms with van der Waals surface area (Å²) in [5.41, 5.74) is 4.50. The second kappa shape index (κ2) is 9.06. The molecule has 8 heteroatoms. The molecule has 0 bridgehead atoms. The van der Waals surface area contributed by atoms with Crippen molar-refractivity contribution < 1.29 is 18.4 Å². The molecule has 7 nitrogen and oxygen atoms in total. The molecule has 1 N–H and O–H groups in total. The minimum Gasteiger partial charge on any atom is -0.497 e. The zero-order chi connectivity index (χ0) is 24.5. The van der Waals surface area contributed by atoms with E-state index in [0.29, 0.717) is 28.3 Å². The third-order valence-electron chi connectivity index (χ3n) is 5.98. The molecule has 35 heavy (non-hydrogen) atoms. The quantitative estimate of drug-likeness (QED) is 0.393. The molecule has 2 heterocycles. The van der Waals surface area contributed by atoms with Crippen LogP contribution in [0.15, 0.2) is 83.0 Å². The number of nitrogens with one attached hydrogen (secondary N) is 1. The van der Waals surface area contributed by atoms with Crippen molar-refractivity contribution in [3.63, 3.8) is 0 Å². The van der Waals surface area contributed by atoms with Crippen molar-refractivity contribution in [3.8, 4) is 17.1 Å². The lowest BCUT2D eigenvalue weighted by Gasteiger charge is -2.35. The molecule has 3 aromatic carbocycles. The average Bonchev–Trinajstić information content (AvgIpc) is 3.35. The summed E-state index contributed by atoms with van der Waals surface area (Å²) in [6, 6.07) is 20.0. The third-order valence-corrected chi connectivity index (χ3v) is 5.98. The molecule has 1 aromatic heterocycles. The van der Waals surface area contributed by atoms with Crippen molar-refractivity contribution in [3.05, 3.63) is 101 Å². The van der Waals surface area contributed by atoms with Crippen LogP contribution in [0.3, 0.4) is 0 Å². The zero-order valence-electron chi connectivity index (χ0n) is 19.4. The van der Waals surface area contributed by atoms with E-state index >= 15 is 0 Å². The van der Waals surface area contributed by atoms with E-state index in [9.17, 15) is 9.18 Å². The first-order valence-corrected chi connectivity index (χ1v) is 11.1. The van der Waals surface area contributed by atoms with Crippen LogP contribution in [0, 0.1) is 12.7 Å². The molecule has 0 fully saturated rings. The fraction of sp³-hybridized carbons (Fsp3) is 0.148. The van der Waals surface area contributed by atoms with E-state index in [4.69, 9.17) is 9.26 Å². The van der Waals surface area contributed by atoms with Gasteiger partial charge in [-0.25, -0.2) is 9.18 Å². The summed E-state index contributed by atoms with van der Waals surface area (Å²) >= 11 is 0. The molecular formula is C27H23FN4O3. The monoisotopic (exact) mass is 470 g/mol. The minimum atomic E-state index is -0.603. The molecule has 1 aliphatic heterocycles. The van der Waals surface area contributed by atoms with Gasteiger partial charge >= 0.3 is 6.03 Å². The van der Waals surface area contributed by atoms with Gasteiger partial charge in [-0.05, 0) is 67.9 Å². The Kier molecular flexibility index (Phi) is 5.78. The first-order valence-electron chi connectivity index (χ1n) is 11.1. The van der Waals surface area contributed by atoms with Gasteiger partial charge in [0.2, 0.25) is 5.82 Å². The Morgan fingerprint density at radius 3 is 2.31 bits per heavy atom. The van der Waals surface area contributed by atoms with E-state index in [1.807, 2.05) is 62.4 Å². The zero-order valence-corrected chi connectivity index (χ0v) is 19.4. The molecule has 5 rings (SSSR count). The van der Waals surface area contributed by atoms with Crippen molar-refractivity contribution in [2.45, 2.75) is 19.9 Å². The Labute approximate surface area is 201 Å². The van der Waals surface area contributed by atoms with Crippen molar-refractivity contribution in [2.75, 3.05) is 12.0 Å². The molecule has 1 aliphatic rings. The Morgan fingerprint density at radius 1 is 0.971 bits per heavy atom. The van der Waals surface area contributed by atoms with Gasteiger partial charge in [0.25, 0.3) is 5.89 Å². The summed E-state index contributed by atoms with van der Waals surface area (Å²) in [5, 5.41) is 7.19. The fourth-order valence-electron chi connectivity index (χ4n) is 4.12. The van der Waals surface area contributed by atoms with E-state index in [1.54, 1.807) is 24.1 Å². The van der Waals surface area contributed by atoms with Gasteiger partial charge in [0.1, 0.15) is 11.6 Å². The SMILES string of the molecule is COc1ccc(-c2noc(C3=C(C)N(c4ccc(C)cc4)C(=O)NC3c3ccc(F)cc3)n2)cc1. The molecule has 0 radical (unpaired) electrons. The van der Waals surface area contributed by atoms with Crippen LogP contribution < -0.4 is 15.0 Å². The van der Waals surface area contributed by atoms with Gasteiger partial charge < -0.3 is 14.6 Å². The highest BCUT2D eigenvalue weighted by atomic mass is 19.1. The van der Waals surface area contributed by atoms with E-state index in [-0.39, 0.29) is 17.7 Å². The number of ether oxygens (including phenoxy) is 1. The van der Waals surface area contributed by atoms with Gasteiger partial charge in [-0.1, -0.05) is 35.0 Å². The Morgan fingerprint density at radius 2 is 1.66 bits per heavy atom. The highest BCUT2D eigenvalue weighted by Crippen LogP contribution is 2.39. The van der Waals surface area contributed by atoms with E-state index in [1.165, 1.54) is 12.1 Å². The fourth-order valence-corrected chi connectivity index (χ4v) is 4.12. The number of urea groups is 1. The number of hydrogen-bond donors (Lipinski definition) is 1. The van der Waals surface area contributed by atoms with E-state index in [2.05, 4.69) is 15.5 Å². The standard InChI is InChI=1S/C27H23FN4O3/c1-16-4-12-21(13-5-16)32-17(2)23(24(29-27(32)33)18-6-10-20(28)11-7-18)26-30-25(31-35-26)19-8-14-22(34-3)15-9-19/h4-15,24H,1-3H3,(H,29,33). The molecule has 2 amide bonds. The van der Waals surface area contributed by atoms with Crippen LogP contribution in [0.25, 0.3) is 17.0 Å². The molecule has 0 spiro atoms. The molecule has 0 aliphatic carbocycles. The van der Waals surface area contributed by atoms with Gasteiger partial charge in [0, 0.05) is 11.3 Å². The predicted molar refractivity (Wildman–Crippen MR) is 130 cm³/mol. The second-order valence-corrected chi connectivity index (χ2v) is 8.26. The highest BCUT2D eigenvalue weighted by molar-refractivity contribution is 6.01. The first kappa shape index (κ1) is 22.3. The number of carbonyl (C=O) groups is 1. The molecule has 1 unspecified atom stereocenters. The maximum absolute atomic E-state index is 13.6. The lowest BCUT2D eigenvalue weighted by atomic mass is 9.94. The largest absolute Gasteiger partial charge is 0.497 e. The molecule has 0 saturated heterocycles. The smallest absolute Gasteiger partial charge is 0.326 e. The third kappa shape index (κ3) is 4.26. The summed E-state index contributed by atoms with van der Waals surface area (Å²) in [6.07, 6.45) is 0. The normalized spacial score (nSPS) is 15.8. The van der Waals surface area contributed by atoms with Crippen molar-refractivity contribution in [2.24, 2.45) is 0 Å². The van der Waals surface area contributed by atoms with Crippen LogP contribution in [-0.2, 0) is 0 Å². The second-order valence-electron chi connectivity index (χ2n) is 8.26. The number of aryl methyl sites for hydroxylation is 1. The number of aromatic nitrogens is 2. The summed E-state index contributed by atoms with van der Waals surface area (Å²) < 4.78 is 24.5. The van der Waals surface area contributed by atoms with Crippen LogP contribution in [-0.4, -0.2) is 23.3 Å². The Balaban J connectivity index is 1.62. The number of benzene rings is 3. The predicted octanol–water partition coefficient (Wildman–Crippen LogP) is 5.89. The number of rotatable bonds is 5. The number of methoxy groups -OCH3 is 1. The van der Waals surface area contributed by atoms with Crippen molar-refractivity contribution >= 4 is 17.3 Å². The summed E-state index contributed by atoms with van der Waals surface area (Å²) in [4.78, 5) is 19.5. The molecule has 176 valence electrons. The van der Waals surface area contributed by atoms with Gasteiger partial charge in [0.05, 0.1) is 24.4 Å². The number of hydrogen-bond acceptors (Lipinski definition) is 5. The van der Waals surface area contributed by atoms with E-state index in [0.717, 1.165) is 16.9 Å². The number of amides is 2. The minimum absolute atomic E-state index is 0.264. The van der Waals surface area contributed by atoms with Crippen LogP contribution in [0.4, 0.5) is 14.9 Å². The number of nitrogens with zero attached hydrogens (tertiary/aromatic N) is 3. The lowest BCUT2D eigenvalue weighted by Crippen LogP contribution is -2.46. The van der Waals surface area contributed by atoms with Crippen LogP contribution in [0.5, 0.6) is 5.75 Å². The van der Waals surface area contributed by atoms with Gasteiger partial charge in [0.15, 0.2) is 0 Å². The maximum atomic E-state index is 13.6. The number of carbonyl (C=O) groups excluding carboxylic acids is 1. The number of halogens is 1. The van der Waals surface area contributed by atoms with Gasteiger partial charge in [-0.3, -0.25) is 4.90 Å². The highest BCUT2D eigenvalue weighted by Gasteiger charge is 2.36. The van der Waals surface area contributed by atoms with E-state index < -0.39 is 6.04 Å². The molecular weight excluding hydrogens is 447 g/mol. The van der Waals surface area contributed by atoms with Crippen molar-refractivity contribution in [1.82, 2.24) is 15.5 Å². The lowest BCUT2D eigenvalue weighted by molar-refractivity contribution is 0.244. The molecule has 0 saturated carbocycles. The number of allylic oxidation sites excluding steroid dienone is 1. The summed E-state index contributed by atoms with van der Waals surface area (Å²) in [7, 11) is 1.60. The van der Waals surface area contributed by atoms with Crippen LogP contribution >= 0.6 is 0 Å². The molecule has 4 aromatic rings.